The van der Waals surface area contributed by atoms with Gasteiger partial charge in [-0.2, -0.15) is 5.10 Å². The van der Waals surface area contributed by atoms with Gasteiger partial charge in [0.2, 0.25) is 0 Å². The number of H-pyrrole nitrogens is 1. The number of aryl methyl sites for hydroxylation is 1. The Balaban J connectivity index is 2.22. The summed E-state index contributed by atoms with van der Waals surface area (Å²) >= 11 is 0. The molecule has 1 heterocycles. The molecule has 0 saturated heterocycles. The number of nitrogens with one attached hydrogen (secondary N) is 1. The molecule has 1 aromatic rings. The van der Waals surface area contributed by atoms with E-state index in [1.807, 2.05) is 4.57 Å². The summed E-state index contributed by atoms with van der Waals surface area (Å²) in [6, 6.07) is 0.385. The van der Waals surface area contributed by atoms with E-state index in [4.69, 9.17) is 0 Å². The van der Waals surface area contributed by atoms with Crippen LogP contribution in [0.5, 0.6) is 0 Å². The van der Waals surface area contributed by atoms with Crippen LogP contribution in [0.4, 0.5) is 0 Å². The molecular formula is C12H21N3O. The third kappa shape index (κ3) is 2.36. The van der Waals surface area contributed by atoms with E-state index < -0.39 is 0 Å². The molecule has 0 amide bonds. The van der Waals surface area contributed by atoms with Crippen molar-refractivity contribution in [2.45, 2.75) is 64.3 Å². The Kier molecular flexibility index (Phi) is 3.80. The first-order chi connectivity index (χ1) is 7.83. The van der Waals surface area contributed by atoms with Gasteiger partial charge >= 0.3 is 5.69 Å². The molecule has 1 aromatic heterocycles. The van der Waals surface area contributed by atoms with E-state index in [-0.39, 0.29) is 5.69 Å². The molecule has 4 heteroatoms. The minimum Gasteiger partial charge on any atom is -0.276 e. The number of rotatable bonds is 3. The van der Waals surface area contributed by atoms with Gasteiger partial charge in [-0.25, -0.2) is 9.89 Å². The summed E-state index contributed by atoms with van der Waals surface area (Å²) in [5, 5.41) is 6.73. The Labute approximate surface area is 96.1 Å². The molecule has 1 fully saturated rings. The molecule has 90 valence electrons. The third-order valence-electron chi connectivity index (χ3n) is 3.44. The zero-order chi connectivity index (χ0) is 11.4. The van der Waals surface area contributed by atoms with Crippen molar-refractivity contribution in [3.63, 3.8) is 0 Å². The van der Waals surface area contributed by atoms with E-state index in [9.17, 15) is 4.79 Å². The van der Waals surface area contributed by atoms with E-state index in [0.29, 0.717) is 6.04 Å². The maximum absolute atomic E-state index is 11.8. The highest BCUT2D eigenvalue weighted by molar-refractivity contribution is 4.90. The van der Waals surface area contributed by atoms with E-state index in [1.165, 1.54) is 25.7 Å². The molecule has 16 heavy (non-hydrogen) atoms. The Morgan fingerprint density at radius 3 is 2.62 bits per heavy atom. The van der Waals surface area contributed by atoms with Crippen molar-refractivity contribution in [1.29, 1.82) is 0 Å². The molecule has 1 N–H and O–H groups in total. The normalized spacial score (nSPS) is 18.6. The van der Waals surface area contributed by atoms with Crippen molar-refractivity contribution < 1.29 is 0 Å². The highest BCUT2D eigenvalue weighted by Crippen LogP contribution is 2.26. The van der Waals surface area contributed by atoms with Crippen LogP contribution in [-0.4, -0.2) is 14.8 Å². The van der Waals surface area contributed by atoms with E-state index in [0.717, 1.165) is 31.5 Å². The molecular weight excluding hydrogens is 202 g/mol. The van der Waals surface area contributed by atoms with Crippen LogP contribution in [0.2, 0.25) is 0 Å². The number of nitrogens with zero attached hydrogens (tertiary/aromatic N) is 2. The second-order valence-electron chi connectivity index (χ2n) is 4.71. The van der Waals surface area contributed by atoms with Crippen LogP contribution >= 0.6 is 0 Å². The maximum atomic E-state index is 11.8. The van der Waals surface area contributed by atoms with Crippen molar-refractivity contribution in [2.75, 3.05) is 0 Å². The minimum absolute atomic E-state index is 0.0182. The van der Waals surface area contributed by atoms with Crippen LogP contribution in [0.25, 0.3) is 0 Å². The van der Waals surface area contributed by atoms with Crippen LogP contribution in [0.15, 0.2) is 4.79 Å². The number of hydrogen-bond acceptors (Lipinski definition) is 2. The van der Waals surface area contributed by atoms with Crippen molar-refractivity contribution in [1.82, 2.24) is 14.8 Å². The Morgan fingerprint density at radius 1 is 1.31 bits per heavy atom. The lowest BCUT2D eigenvalue weighted by Gasteiger charge is -2.16. The fraction of sp³-hybridized carbons (Fsp3) is 0.833. The van der Waals surface area contributed by atoms with Gasteiger partial charge in [-0.1, -0.05) is 32.6 Å². The maximum Gasteiger partial charge on any atom is 0.343 e. The monoisotopic (exact) mass is 223 g/mol. The third-order valence-corrected chi connectivity index (χ3v) is 3.44. The first kappa shape index (κ1) is 11.4. The van der Waals surface area contributed by atoms with E-state index in [2.05, 4.69) is 17.1 Å². The molecule has 1 saturated carbocycles. The minimum atomic E-state index is -0.0182. The second-order valence-corrected chi connectivity index (χ2v) is 4.71. The fourth-order valence-electron chi connectivity index (χ4n) is 2.63. The smallest absolute Gasteiger partial charge is 0.276 e. The van der Waals surface area contributed by atoms with Crippen molar-refractivity contribution in [2.24, 2.45) is 0 Å². The lowest BCUT2D eigenvalue weighted by atomic mass is 10.1. The summed E-state index contributed by atoms with van der Waals surface area (Å²) in [6.07, 6.45) is 9.32. The highest BCUT2D eigenvalue weighted by Gasteiger charge is 2.19. The van der Waals surface area contributed by atoms with Gasteiger partial charge < -0.3 is 0 Å². The van der Waals surface area contributed by atoms with E-state index in [1.54, 1.807) is 0 Å². The summed E-state index contributed by atoms with van der Waals surface area (Å²) in [5.41, 5.74) is -0.0182. The van der Waals surface area contributed by atoms with Gasteiger partial charge in [-0.05, 0) is 19.3 Å². The van der Waals surface area contributed by atoms with Gasteiger partial charge in [0.05, 0.1) is 0 Å². The quantitative estimate of drug-likeness (QED) is 0.800. The Hall–Kier alpha value is -1.06. The average molecular weight is 223 g/mol. The first-order valence-electron chi connectivity index (χ1n) is 6.48. The summed E-state index contributed by atoms with van der Waals surface area (Å²) in [6.45, 7) is 2.12. The lowest BCUT2D eigenvalue weighted by Crippen LogP contribution is -2.24. The SMILES string of the molecule is CCCc1n[nH]c(=O)n1C1CCCCCC1. The van der Waals surface area contributed by atoms with Gasteiger partial charge in [-0.15, -0.1) is 0 Å². The van der Waals surface area contributed by atoms with Crippen LogP contribution in [0.1, 0.15) is 63.7 Å². The summed E-state index contributed by atoms with van der Waals surface area (Å²) < 4.78 is 1.91. The largest absolute Gasteiger partial charge is 0.343 e. The molecule has 2 rings (SSSR count). The molecule has 0 spiro atoms. The molecule has 0 radical (unpaired) electrons. The summed E-state index contributed by atoms with van der Waals surface area (Å²) in [4.78, 5) is 11.8. The topological polar surface area (TPSA) is 50.7 Å². The van der Waals surface area contributed by atoms with Crippen LogP contribution in [-0.2, 0) is 6.42 Å². The molecule has 0 bridgehead atoms. The molecule has 4 nitrogen and oxygen atoms in total. The van der Waals surface area contributed by atoms with Gasteiger partial charge in [0.1, 0.15) is 5.82 Å². The van der Waals surface area contributed by atoms with Gasteiger partial charge in [0.15, 0.2) is 0 Å². The molecule has 0 atom stereocenters. The molecule has 1 aliphatic carbocycles. The fourth-order valence-corrected chi connectivity index (χ4v) is 2.63. The predicted molar refractivity (Wildman–Crippen MR) is 63.6 cm³/mol. The Morgan fingerprint density at radius 2 is 2.00 bits per heavy atom. The second kappa shape index (κ2) is 5.32. The van der Waals surface area contributed by atoms with Crippen LogP contribution < -0.4 is 5.69 Å². The number of aromatic amines is 1. The predicted octanol–water partition coefficient (Wildman–Crippen LogP) is 2.42. The lowest BCUT2D eigenvalue weighted by molar-refractivity contribution is 0.419. The molecule has 1 aliphatic rings. The van der Waals surface area contributed by atoms with Crippen LogP contribution in [0.3, 0.4) is 0 Å². The highest BCUT2D eigenvalue weighted by atomic mass is 16.1. The number of aromatic nitrogens is 3. The van der Waals surface area contributed by atoms with E-state index >= 15 is 0 Å². The van der Waals surface area contributed by atoms with Gasteiger partial charge in [-0.3, -0.25) is 4.57 Å². The summed E-state index contributed by atoms with van der Waals surface area (Å²) in [5.74, 6) is 0.944. The average Bonchev–Trinajstić information content (AvgIpc) is 2.53. The molecule has 0 unspecified atom stereocenters. The van der Waals surface area contributed by atoms with Gasteiger partial charge in [0, 0.05) is 12.5 Å². The Bertz CT molecular complexity index is 372. The first-order valence-corrected chi connectivity index (χ1v) is 6.48. The van der Waals surface area contributed by atoms with Crippen molar-refractivity contribution in [3.05, 3.63) is 16.3 Å². The summed E-state index contributed by atoms with van der Waals surface area (Å²) in [7, 11) is 0. The van der Waals surface area contributed by atoms with Crippen molar-refractivity contribution in [3.8, 4) is 0 Å². The molecule has 0 aromatic carbocycles. The zero-order valence-corrected chi connectivity index (χ0v) is 10.0. The number of hydrogen-bond donors (Lipinski definition) is 1. The standard InChI is InChI=1S/C12H21N3O/c1-2-7-11-13-14-12(16)15(11)10-8-5-3-4-6-9-10/h10H,2-9H2,1H3,(H,14,16). The molecule has 0 aliphatic heterocycles. The zero-order valence-electron chi connectivity index (χ0n) is 10.0. The van der Waals surface area contributed by atoms with Gasteiger partial charge in [0.25, 0.3) is 0 Å². The van der Waals surface area contributed by atoms with Crippen LogP contribution in [0, 0.1) is 0 Å². The van der Waals surface area contributed by atoms with Crippen molar-refractivity contribution >= 4 is 0 Å².